The van der Waals surface area contributed by atoms with Crippen molar-refractivity contribution in [2.75, 3.05) is 6.54 Å². The van der Waals surface area contributed by atoms with E-state index >= 15 is 0 Å². The first-order valence-electron chi connectivity index (χ1n) is 5.95. The number of hydrogen-bond donors (Lipinski definition) is 1. The van der Waals surface area contributed by atoms with Crippen molar-refractivity contribution in [2.24, 2.45) is 5.73 Å². The number of rotatable bonds is 4. The van der Waals surface area contributed by atoms with Crippen LogP contribution >= 0.6 is 11.6 Å². The van der Waals surface area contributed by atoms with Crippen LogP contribution in [0.4, 0.5) is 4.39 Å². The van der Waals surface area contributed by atoms with Crippen molar-refractivity contribution in [3.8, 4) is 11.1 Å². The molecule has 2 N–H and O–H groups in total. The Kier molecular flexibility index (Phi) is 4.34. The van der Waals surface area contributed by atoms with E-state index in [0.29, 0.717) is 6.54 Å². The lowest BCUT2D eigenvalue weighted by Crippen LogP contribution is -2.00. The first kappa shape index (κ1) is 13.1. The summed E-state index contributed by atoms with van der Waals surface area (Å²) in [4.78, 5) is 0. The third-order valence-corrected chi connectivity index (χ3v) is 3.18. The molecule has 0 aliphatic rings. The molecule has 2 aromatic rings. The van der Waals surface area contributed by atoms with Gasteiger partial charge in [-0.25, -0.2) is 4.39 Å². The van der Waals surface area contributed by atoms with Gasteiger partial charge in [-0.2, -0.15) is 0 Å². The molecule has 0 fully saturated rings. The van der Waals surface area contributed by atoms with E-state index in [9.17, 15) is 4.39 Å². The molecule has 18 heavy (non-hydrogen) atoms. The van der Waals surface area contributed by atoms with Gasteiger partial charge in [0.15, 0.2) is 0 Å². The zero-order valence-corrected chi connectivity index (χ0v) is 10.8. The van der Waals surface area contributed by atoms with E-state index in [-0.39, 0.29) is 10.8 Å². The molecule has 3 heteroatoms. The van der Waals surface area contributed by atoms with E-state index in [1.165, 1.54) is 11.6 Å². The van der Waals surface area contributed by atoms with Crippen LogP contribution in [0.25, 0.3) is 11.1 Å². The SMILES string of the molecule is NCCCc1ccc(-c2ccc(Cl)c(F)c2)cc1. The minimum atomic E-state index is -0.388. The lowest BCUT2D eigenvalue weighted by atomic mass is 10.0. The maximum absolute atomic E-state index is 13.4. The summed E-state index contributed by atoms with van der Waals surface area (Å²) >= 11 is 5.66. The maximum atomic E-state index is 13.4. The van der Waals surface area contributed by atoms with E-state index in [1.807, 2.05) is 18.2 Å². The van der Waals surface area contributed by atoms with Crippen LogP contribution in [0.2, 0.25) is 5.02 Å². The molecule has 1 nitrogen and oxygen atoms in total. The van der Waals surface area contributed by atoms with Crippen LogP contribution in [0.5, 0.6) is 0 Å². The van der Waals surface area contributed by atoms with Gasteiger partial charge in [0.1, 0.15) is 5.82 Å². The van der Waals surface area contributed by atoms with E-state index < -0.39 is 0 Å². The van der Waals surface area contributed by atoms with Crippen molar-refractivity contribution in [3.63, 3.8) is 0 Å². The largest absolute Gasteiger partial charge is 0.330 e. The van der Waals surface area contributed by atoms with Crippen molar-refractivity contribution in [2.45, 2.75) is 12.8 Å². The Bertz CT molecular complexity index is 523. The van der Waals surface area contributed by atoms with E-state index in [2.05, 4.69) is 12.1 Å². The highest BCUT2D eigenvalue weighted by Gasteiger charge is 2.03. The Balaban J connectivity index is 2.20. The van der Waals surface area contributed by atoms with E-state index in [0.717, 1.165) is 24.0 Å². The minimum absolute atomic E-state index is 0.151. The van der Waals surface area contributed by atoms with Gasteiger partial charge in [-0.05, 0) is 48.2 Å². The molecule has 0 saturated heterocycles. The molecule has 0 aromatic heterocycles. The molecule has 0 spiro atoms. The Morgan fingerprint density at radius 3 is 2.28 bits per heavy atom. The highest BCUT2D eigenvalue weighted by atomic mass is 35.5. The summed E-state index contributed by atoms with van der Waals surface area (Å²) in [7, 11) is 0. The molecular formula is C15H15ClFN. The number of benzene rings is 2. The van der Waals surface area contributed by atoms with Crippen molar-refractivity contribution >= 4 is 11.6 Å². The summed E-state index contributed by atoms with van der Waals surface area (Å²) in [5.74, 6) is -0.388. The number of halogens is 2. The van der Waals surface area contributed by atoms with Crippen molar-refractivity contribution < 1.29 is 4.39 Å². The minimum Gasteiger partial charge on any atom is -0.330 e. The maximum Gasteiger partial charge on any atom is 0.142 e. The van der Waals surface area contributed by atoms with Gasteiger partial charge in [0.05, 0.1) is 5.02 Å². The van der Waals surface area contributed by atoms with Crippen LogP contribution in [-0.2, 0) is 6.42 Å². The second kappa shape index (κ2) is 5.98. The second-order valence-corrected chi connectivity index (χ2v) is 4.63. The molecule has 0 atom stereocenters. The molecular weight excluding hydrogens is 249 g/mol. The number of hydrogen-bond acceptors (Lipinski definition) is 1. The third-order valence-electron chi connectivity index (χ3n) is 2.88. The lowest BCUT2D eigenvalue weighted by molar-refractivity contribution is 0.629. The average Bonchev–Trinajstić information content (AvgIpc) is 2.40. The van der Waals surface area contributed by atoms with Crippen LogP contribution in [0.1, 0.15) is 12.0 Å². The first-order valence-corrected chi connectivity index (χ1v) is 6.33. The van der Waals surface area contributed by atoms with Crippen LogP contribution < -0.4 is 5.73 Å². The molecule has 0 saturated carbocycles. The Morgan fingerprint density at radius 2 is 1.67 bits per heavy atom. The fourth-order valence-electron chi connectivity index (χ4n) is 1.85. The fourth-order valence-corrected chi connectivity index (χ4v) is 1.96. The van der Waals surface area contributed by atoms with Gasteiger partial charge in [0.2, 0.25) is 0 Å². The van der Waals surface area contributed by atoms with Gasteiger partial charge < -0.3 is 5.73 Å². The summed E-state index contributed by atoms with van der Waals surface area (Å²) in [6.45, 7) is 0.699. The monoisotopic (exact) mass is 263 g/mol. The van der Waals surface area contributed by atoms with Crippen LogP contribution in [0, 0.1) is 5.82 Å². The van der Waals surface area contributed by atoms with Crippen molar-refractivity contribution in [1.82, 2.24) is 0 Å². The van der Waals surface area contributed by atoms with Gasteiger partial charge in [-0.3, -0.25) is 0 Å². The molecule has 2 aromatic carbocycles. The molecule has 2 rings (SSSR count). The van der Waals surface area contributed by atoms with Gasteiger partial charge >= 0.3 is 0 Å². The van der Waals surface area contributed by atoms with Crippen molar-refractivity contribution in [3.05, 3.63) is 58.9 Å². The molecule has 0 amide bonds. The predicted octanol–water partition coefficient (Wildman–Crippen LogP) is 4.04. The third kappa shape index (κ3) is 3.09. The Hall–Kier alpha value is -1.38. The second-order valence-electron chi connectivity index (χ2n) is 4.22. The van der Waals surface area contributed by atoms with Gasteiger partial charge in [0, 0.05) is 0 Å². The molecule has 0 aliphatic heterocycles. The molecule has 0 bridgehead atoms. The Labute approximate surface area is 111 Å². The highest BCUT2D eigenvalue weighted by molar-refractivity contribution is 6.30. The Morgan fingerprint density at radius 1 is 1.00 bits per heavy atom. The zero-order valence-electron chi connectivity index (χ0n) is 10.00. The zero-order chi connectivity index (χ0) is 13.0. The van der Waals surface area contributed by atoms with E-state index in [4.69, 9.17) is 17.3 Å². The average molecular weight is 264 g/mol. The highest BCUT2D eigenvalue weighted by Crippen LogP contribution is 2.24. The summed E-state index contributed by atoms with van der Waals surface area (Å²) in [6.07, 6.45) is 1.96. The summed E-state index contributed by atoms with van der Waals surface area (Å²) < 4.78 is 13.4. The molecule has 0 heterocycles. The topological polar surface area (TPSA) is 26.0 Å². The van der Waals surface area contributed by atoms with Crippen LogP contribution in [0.3, 0.4) is 0 Å². The number of nitrogens with two attached hydrogens (primary N) is 1. The molecule has 94 valence electrons. The van der Waals surface area contributed by atoms with Crippen molar-refractivity contribution in [1.29, 1.82) is 0 Å². The van der Waals surface area contributed by atoms with Gasteiger partial charge in [0.25, 0.3) is 0 Å². The van der Waals surface area contributed by atoms with Gasteiger partial charge in [-0.15, -0.1) is 0 Å². The molecule has 0 unspecified atom stereocenters. The molecule has 0 aliphatic carbocycles. The van der Waals surface area contributed by atoms with Crippen LogP contribution in [0.15, 0.2) is 42.5 Å². The summed E-state index contributed by atoms with van der Waals surface area (Å²) in [5, 5.41) is 0.151. The number of aryl methyl sites for hydroxylation is 1. The van der Waals surface area contributed by atoms with Crippen LogP contribution in [-0.4, -0.2) is 6.54 Å². The smallest absolute Gasteiger partial charge is 0.142 e. The first-order chi connectivity index (χ1) is 8.70. The predicted molar refractivity (Wildman–Crippen MR) is 74.2 cm³/mol. The van der Waals surface area contributed by atoms with Gasteiger partial charge in [-0.1, -0.05) is 41.9 Å². The fraction of sp³-hybridized carbons (Fsp3) is 0.200. The van der Waals surface area contributed by atoms with E-state index in [1.54, 1.807) is 6.07 Å². The molecule has 0 radical (unpaired) electrons. The lowest BCUT2D eigenvalue weighted by Gasteiger charge is -2.05. The standard InChI is InChI=1S/C15H15ClFN/c16-14-8-7-13(10-15(14)17)12-5-3-11(4-6-12)2-1-9-18/h3-8,10H,1-2,9,18H2. The quantitative estimate of drug-likeness (QED) is 0.885. The summed E-state index contributed by atoms with van der Waals surface area (Å²) in [5.41, 5.74) is 8.55. The summed E-state index contributed by atoms with van der Waals surface area (Å²) in [6, 6.07) is 12.9. The normalized spacial score (nSPS) is 10.6.